The molecule has 0 bridgehead atoms. The van der Waals surface area contributed by atoms with Crippen LogP contribution in [0.3, 0.4) is 0 Å². The van der Waals surface area contributed by atoms with Crippen LogP contribution in [0.1, 0.15) is 27.4 Å². The molecule has 3 aromatic rings. The summed E-state index contributed by atoms with van der Waals surface area (Å²) in [6, 6.07) is 25.9. The van der Waals surface area contributed by atoms with Crippen molar-refractivity contribution in [1.29, 1.82) is 5.26 Å². The molecule has 0 aliphatic carbocycles. The van der Waals surface area contributed by atoms with Crippen molar-refractivity contribution < 1.29 is 23.9 Å². The van der Waals surface area contributed by atoms with Crippen molar-refractivity contribution in [1.82, 2.24) is 0 Å². The largest absolute Gasteiger partial charge is 0.466 e. The Labute approximate surface area is 213 Å². The zero-order valence-electron chi connectivity index (χ0n) is 20.2. The smallest absolute Gasteiger partial charge is 0.355 e. The van der Waals surface area contributed by atoms with Crippen molar-refractivity contribution in [2.75, 3.05) is 19.1 Å². The van der Waals surface area contributed by atoms with E-state index in [1.807, 2.05) is 0 Å². The summed E-state index contributed by atoms with van der Waals surface area (Å²) in [7, 11) is 2.35. The van der Waals surface area contributed by atoms with E-state index in [-0.39, 0.29) is 39.7 Å². The minimum Gasteiger partial charge on any atom is -0.466 e. The first kappa shape index (κ1) is 24.9. The molecule has 8 heteroatoms. The maximum atomic E-state index is 13.5. The third-order valence-corrected chi connectivity index (χ3v) is 6.04. The number of nitriles is 1. The number of carbonyl (C=O) groups excluding carboxylic acids is 3. The van der Waals surface area contributed by atoms with Gasteiger partial charge in [0.1, 0.15) is 11.5 Å². The van der Waals surface area contributed by atoms with Crippen LogP contribution in [0.25, 0.3) is 0 Å². The number of hydrogen-bond donors (Lipinski definition) is 1. The summed E-state index contributed by atoms with van der Waals surface area (Å²) in [5.74, 6) is -3.18. The zero-order chi connectivity index (χ0) is 26.5. The fourth-order valence-corrected chi connectivity index (χ4v) is 4.37. The number of ether oxygens (including phenoxy) is 2. The van der Waals surface area contributed by atoms with Crippen molar-refractivity contribution in [3.8, 4) is 6.07 Å². The number of methoxy groups -OCH3 is 2. The second-order valence-electron chi connectivity index (χ2n) is 8.05. The lowest BCUT2D eigenvalue weighted by molar-refractivity contribution is -0.139. The van der Waals surface area contributed by atoms with Crippen molar-refractivity contribution in [2.24, 2.45) is 5.73 Å². The van der Waals surface area contributed by atoms with Gasteiger partial charge in [-0.1, -0.05) is 72.8 Å². The summed E-state index contributed by atoms with van der Waals surface area (Å²) in [6.07, 6.45) is 0. The quantitative estimate of drug-likeness (QED) is 0.406. The molecule has 0 fully saturated rings. The maximum Gasteiger partial charge on any atom is 0.355 e. The van der Waals surface area contributed by atoms with Crippen molar-refractivity contribution >= 4 is 23.4 Å². The average molecular weight is 494 g/mol. The molecule has 0 spiro atoms. The predicted molar refractivity (Wildman–Crippen MR) is 136 cm³/mol. The molecule has 1 aliphatic rings. The molecule has 3 aromatic carbocycles. The van der Waals surface area contributed by atoms with Crippen LogP contribution in [0.2, 0.25) is 0 Å². The van der Waals surface area contributed by atoms with Crippen LogP contribution >= 0.6 is 0 Å². The number of esters is 2. The number of allylic oxidation sites excluding steroid dienone is 1. The zero-order valence-corrected chi connectivity index (χ0v) is 20.2. The van der Waals surface area contributed by atoms with Crippen LogP contribution in [0.15, 0.2) is 108 Å². The van der Waals surface area contributed by atoms with Gasteiger partial charge in [-0.3, -0.25) is 9.69 Å². The number of carbonyl (C=O) groups is 3. The highest BCUT2D eigenvalue weighted by Crippen LogP contribution is 2.44. The van der Waals surface area contributed by atoms with E-state index in [9.17, 15) is 19.6 Å². The van der Waals surface area contributed by atoms with E-state index in [2.05, 4.69) is 6.07 Å². The van der Waals surface area contributed by atoms with Gasteiger partial charge in [0.25, 0.3) is 0 Å². The Kier molecular flexibility index (Phi) is 7.16. The second-order valence-corrected chi connectivity index (χ2v) is 8.05. The van der Waals surface area contributed by atoms with E-state index in [4.69, 9.17) is 15.2 Å². The first-order valence-corrected chi connectivity index (χ1v) is 11.3. The standard InChI is InChI=1S/C29H23N3O5/c1-36-28(34)24-23(18-11-5-3-6-12-18)21(17-30)27(31)32(25(24)29(35)37-2)22-16-10-9-15-20(22)26(33)19-13-7-4-8-14-19/h3-16,23H,31H2,1-2H3. The number of para-hydroxylation sites is 1. The number of rotatable bonds is 6. The summed E-state index contributed by atoms with van der Waals surface area (Å²) in [4.78, 5) is 41.2. The maximum absolute atomic E-state index is 13.5. The van der Waals surface area contributed by atoms with E-state index < -0.39 is 17.9 Å². The number of nitrogens with two attached hydrogens (primary N) is 1. The van der Waals surface area contributed by atoms with E-state index in [1.165, 1.54) is 19.1 Å². The van der Waals surface area contributed by atoms with Crippen LogP contribution < -0.4 is 10.6 Å². The molecule has 2 N–H and O–H groups in total. The summed E-state index contributed by atoms with van der Waals surface area (Å²) < 4.78 is 10.1. The predicted octanol–water partition coefficient (Wildman–Crippen LogP) is 3.82. The Morgan fingerprint density at radius 3 is 2.00 bits per heavy atom. The molecule has 1 atom stereocenters. The van der Waals surface area contributed by atoms with Gasteiger partial charge in [-0.25, -0.2) is 9.59 Å². The highest BCUT2D eigenvalue weighted by molar-refractivity contribution is 6.14. The molecular weight excluding hydrogens is 470 g/mol. The minimum absolute atomic E-state index is 0.0150. The van der Waals surface area contributed by atoms with Gasteiger partial charge >= 0.3 is 11.9 Å². The number of anilines is 1. The minimum atomic E-state index is -0.999. The van der Waals surface area contributed by atoms with E-state index in [1.54, 1.807) is 84.9 Å². The molecule has 0 saturated heterocycles. The first-order valence-electron chi connectivity index (χ1n) is 11.3. The summed E-state index contributed by atoms with van der Waals surface area (Å²) in [5, 5.41) is 10.2. The fraction of sp³-hybridized carbons (Fsp3) is 0.103. The van der Waals surface area contributed by atoms with Gasteiger partial charge in [-0.15, -0.1) is 0 Å². The molecular formula is C29H23N3O5. The van der Waals surface area contributed by atoms with Gasteiger partial charge in [-0.2, -0.15) is 5.26 Å². The van der Waals surface area contributed by atoms with Crippen molar-refractivity contribution in [3.05, 3.63) is 124 Å². The van der Waals surface area contributed by atoms with E-state index >= 15 is 0 Å². The van der Waals surface area contributed by atoms with Gasteiger partial charge in [0.15, 0.2) is 5.78 Å². The van der Waals surface area contributed by atoms with Crippen molar-refractivity contribution in [3.63, 3.8) is 0 Å². The number of nitrogens with zero attached hydrogens (tertiary/aromatic N) is 2. The van der Waals surface area contributed by atoms with Crippen LogP contribution in [-0.4, -0.2) is 31.9 Å². The monoisotopic (exact) mass is 493 g/mol. The summed E-state index contributed by atoms with van der Waals surface area (Å²) >= 11 is 0. The van der Waals surface area contributed by atoms with Crippen LogP contribution in [0, 0.1) is 11.3 Å². The Morgan fingerprint density at radius 1 is 0.838 bits per heavy atom. The van der Waals surface area contributed by atoms with Gasteiger partial charge in [0, 0.05) is 11.1 Å². The lowest BCUT2D eigenvalue weighted by Crippen LogP contribution is -2.41. The SMILES string of the molecule is COC(=O)C1=C(C(=O)OC)N(c2ccccc2C(=O)c2ccccc2)C(N)=C(C#N)C1c1ccccc1. The molecule has 1 heterocycles. The normalized spacial score (nSPS) is 15.2. The Morgan fingerprint density at radius 2 is 1.41 bits per heavy atom. The molecule has 37 heavy (non-hydrogen) atoms. The van der Waals surface area contributed by atoms with Crippen molar-refractivity contribution in [2.45, 2.75) is 5.92 Å². The summed E-state index contributed by atoms with van der Waals surface area (Å²) in [5.41, 5.74) is 7.58. The molecule has 0 amide bonds. The highest BCUT2D eigenvalue weighted by atomic mass is 16.5. The number of hydrogen-bond acceptors (Lipinski definition) is 8. The third-order valence-electron chi connectivity index (χ3n) is 6.04. The number of ketones is 1. The van der Waals surface area contributed by atoms with Crippen LogP contribution in [-0.2, 0) is 19.1 Å². The summed E-state index contributed by atoms with van der Waals surface area (Å²) in [6.45, 7) is 0. The molecule has 8 nitrogen and oxygen atoms in total. The molecule has 4 rings (SSSR count). The molecule has 0 aromatic heterocycles. The average Bonchev–Trinajstić information content (AvgIpc) is 2.96. The van der Waals surface area contributed by atoms with Gasteiger partial charge in [-0.05, 0) is 17.7 Å². The van der Waals surface area contributed by atoms with Crippen LogP contribution in [0.4, 0.5) is 5.69 Å². The molecule has 1 unspecified atom stereocenters. The van der Waals surface area contributed by atoms with Gasteiger partial charge in [0.2, 0.25) is 0 Å². The Hall–Kier alpha value is -5.16. The lowest BCUT2D eigenvalue weighted by Gasteiger charge is -2.36. The number of benzene rings is 3. The lowest BCUT2D eigenvalue weighted by atomic mass is 9.80. The second kappa shape index (κ2) is 10.6. The third kappa shape index (κ3) is 4.46. The molecule has 1 aliphatic heterocycles. The molecule has 0 saturated carbocycles. The molecule has 184 valence electrons. The fourth-order valence-electron chi connectivity index (χ4n) is 4.37. The van der Waals surface area contributed by atoms with E-state index in [0.717, 1.165) is 0 Å². The van der Waals surface area contributed by atoms with Crippen LogP contribution in [0.5, 0.6) is 0 Å². The van der Waals surface area contributed by atoms with E-state index in [0.29, 0.717) is 11.1 Å². The van der Waals surface area contributed by atoms with Gasteiger partial charge in [0.05, 0.1) is 43.0 Å². The molecule has 0 radical (unpaired) electrons. The topological polar surface area (TPSA) is 123 Å². The first-order chi connectivity index (χ1) is 17.9. The Balaban J connectivity index is 2.06. The highest BCUT2D eigenvalue weighted by Gasteiger charge is 2.43. The Bertz CT molecular complexity index is 1470. The van der Waals surface area contributed by atoms with Gasteiger partial charge < -0.3 is 15.2 Å².